The van der Waals surface area contributed by atoms with Crippen molar-refractivity contribution in [1.29, 1.82) is 0 Å². The van der Waals surface area contributed by atoms with Crippen molar-refractivity contribution in [3.05, 3.63) is 35.9 Å². The van der Waals surface area contributed by atoms with Gasteiger partial charge in [0.2, 0.25) is 0 Å². The van der Waals surface area contributed by atoms with Crippen LogP contribution in [0.4, 0.5) is 0 Å². The minimum absolute atomic E-state index is 0.681. The van der Waals surface area contributed by atoms with Crippen LogP contribution in [-0.4, -0.2) is 19.8 Å². The summed E-state index contributed by atoms with van der Waals surface area (Å²) in [5.41, 5.74) is 1.22. The molecule has 0 bridgehead atoms. The molecular weight excluding hydrogens is 212 g/mol. The van der Waals surface area contributed by atoms with Gasteiger partial charge in [-0.05, 0) is 12.0 Å². The second kappa shape index (κ2) is 10.3. The van der Waals surface area contributed by atoms with E-state index >= 15 is 0 Å². The Balaban J connectivity index is 1.85. The van der Waals surface area contributed by atoms with Crippen LogP contribution in [0.15, 0.2) is 30.3 Å². The number of ether oxygens (including phenoxy) is 2. The fraction of sp³-hybridized carbons (Fsp3) is 0.600. The minimum atomic E-state index is 0.681. The van der Waals surface area contributed by atoms with E-state index in [2.05, 4.69) is 19.1 Å². The zero-order valence-electron chi connectivity index (χ0n) is 10.9. The molecule has 1 rings (SSSR count). The van der Waals surface area contributed by atoms with Gasteiger partial charge in [-0.3, -0.25) is 0 Å². The Bertz CT molecular complexity index is 259. The van der Waals surface area contributed by atoms with Gasteiger partial charge in [0.1, 0.15) is 0 Å². The molecule has 96 valence electrons. The van der Waals surface area contributed by atoms with Crippen molar-refractivity contribution in [2.24, 2.45) is 0 Å². The summed E-state index contributed by atoms with van der Waals surface area (Å²) < 4.78 is 11.0. The molecule has 0 aliphatic heterocycles. The molecule has 0 saturated carbocycles. The lowest BCUT2D eigenvalue weighted by Crippen LogP contribution is -2.05. The zero-order chi connectivity index (χ0) is 12.2. The van der Waals surface area contributed by atoms with Gasteiger partial charge in [0.15, 0.2) is 0 Å². The lowest BCUT2D eigenvalue weighted by Gasteiger charge is -2.05. The highest BCUT2D eigenvalue weighted by Crippen LogP contribution is 2.01. The van der Waals surface area contributed by atoms with Gasteiger partial charge in [0.25, 0.3) is 0 Å². The molecule has 2 heteroatoms. The van der Waals surface area contributed by atoms with Gasteiger partial charge in [-0.25, -0.2) is 0 Å². The summed E-state index contributed by atoms with van der Waals surface area (Å²) in [4.78, 5) is 0. The highest BCUT2D eigenvalue weighted by atomic mass is 16.5. The van der Waals surface area contributed by atoms with Crippen LogP contribution in [0.3, 0.4) is 0 Å². The van der Waals surface area contributed by atoms with Gasteiger partial charge in [0.05, 0.1) is 19.8 Å². The molecule has 1 aromatic rings. The molecule has 0 spiro atoms. The number of benzene rings is 1. The van der Waals surface area contributed by atoms with Crippen LogP contribution in [0.5, 0.6) is 0 Å². The van der Waals surface area contributed by atoms with Gasteiger partial charge < -0.3 is 9.47 Å². The van der Waals surface area contributed by atoms with Crippen molar-refractivity contribution >= 4 is 0 Å². The van der Waals surface area contributed by atoms with Gasteiger partial charge in [-0.2, -0.15) is 0 Å². The van der Waals surface area contributed by atoms with Gasteiger partial charge in [-0.15, -0.1) is 0 Å². The van der Waals surface area contributed by atoms with E-state index in [0.717, 1.165) is 6.61 Å². The van der Waals surface area contributed by atoms with Crippen molar-refractivity contribution in [2.45, 2.75) is 39.2 Å². The Labute approximate surface area is 105 Å². The molecule has 0 aliphatic carbocycles. The van der Waals surface area contributed by atoms with E-state index in [0.29, 0.717) is 19.8 Å². The standard InChI is InChI=1S/C15H24O2/c1-2-3-4-8-11-16-12-13-17-14-15-9-6-5-7-10-15/h5-7,9-10H,2-4,8,11-14H2,1H3. The van der Waals surface area contributed by atoms with E-state index in [1.54, 1.807) is 0 Å². The molecule has 0 amide bonds. The van der Waals surface area contributed by atoms with E-state index in [1.165, 1.54) is 31.2 Å². The minimum Gasteiger partial charge on any atom is -0.379 e. The summed E-state index contributed by atoms with van der Waals surface area (Å²) in [5.74, 6) is 0. The molecule has 17 heavy (non-hydrogen) atoms. The molecule has 0 heterocycles. The Morgan fingerprint density at radius 1 is 0.824 bits per heavy atom. The number of unbranched alkanes of at least 4 members (excludes halogenated alkanes) is 3. The smallest absolute Gasteiger partial charge is 0.0718 e. The van der Waals surface area contributed by atoms with Crippen LogP contribution in [0.1, 0.15) is 38.2 Å². The maximum atomic E-state index is 5.52. The SMILES string of the molecule is CCCCCCOCCOCc1ccccc1. The third-order valence-corrected chi connectivity index (χ3v) is 2.63. The van der Waals surface area contributed by atoms with Crippen LogP contribution in [0.25, 0.3) is 0 Å². The van der Waals surface area contributed by atoms with Gasteiger partial charge in [-0.1, -0.05) is 56.5 Å². The zero-order valence-corrected chi connectivity index (χ0v) is 10.9. The lowest BCUT2D eigenvalue weighted by molar-refractivity contribution is 0.0393. The third kappa shape index (κ3) is 7.94. The Morgan fingerprint density at radius 2 is 1.59 bits per heavy atom. The summed E-state index contributed by atoms with van der Waals surface area (Å²) in [5, 5.41) is 0. The summed E-state index contributed by atoms with van der Waals surface area (Å²) in [6.07, 6.45) is 5.04. The second-order valence-corrected chi connectivity index (χ2v) is 4.21. The molecule has 1 aromatic carbocycles. The third-order valence-electron chi connectivity index (χ3n) is 2.63. The van der Waals surface area contributed by atoms with Crippen molar-refractivity contribution < 1.29 is 9.47 Å². The predicted molar refractivity (Wildman–Crippen MR) is 71.1 cm³/mol. The van der Waals surface area contributed by atoms with Gasteiger partial charge >= 0.3 is 0 Å². The maximum absolute atomic E-state index is 5.52. The summed E-state index contributed by atoms with van der Waals surface area (Å²) >= 11 is 0. The fourth-order valence-electron chi connectivity index (χ4n) is 1.62. The van der Waals surface area contributed by atoms with E-state index in [1.807, 2.05) is 18.2 Å². The average Bonchev–Trinajstić information content (AvgIpc) is 2.38. The first kappa shape index (κ1) is 14.2. The van der Waals surface area contributed by atoms with Crippen molar-refractivity contribution in [2.75, 3.05) is 19.8 Å². The quantitative estimate of drug-likeness (QED) is 0.575. The molecule has 0 fully saturated rings. The van der Waals surface area contributed by atoms with Crippen molar-refractivity contribution in [3.8, 4) is 0 Å². The van der Waals surface area contributed by atoms with Crippen LogP contribution in [0, 0.1) is 0 Å². The highest BCUT2D eigenvalue weighted by Gasteiger charge is 1.93. The Hall–Kier alpha value is -0.860. The molecule has 0 atom stereocenters. The van der Waals surface area contributed by atoms with Crippen molar-refractivity contribution in [3.63, 3.8) is 0 Å². The maximum Gasteiger partial charge on any atom is 0.0718 e. The fourth-order valence-corrected chi connectivity index (χ4v) is 1.62. The molecule has 0 unspecified atom stereocenters. The average molecular weight is 236 g/mol. The number of hydrogen-bond acceptors (Lipinski definition) is 2. The number of hydrogen-bond donors (Lipinski definition) is 0. The topological polar surface area (TPSA) is 18.5 Å². The Morgan fingerprint density at radius 3 is 2.35 bits per heavy atom. The predicted octanol–water partition coefficient (Wildman–Crippen LogP) is 3.80. The first-order valence-corrected chi connectivity index (χ1v) is 6.63. The molecule has 0 aliphatic rings. The highest BCUT2D eigenvalue weighted by molar-refractivity contribution is 5.13. The molecule has 0 radical (unpaired) electrons. The summed E-state index contributed by atoms with van der Waals surface area (Å²) in [6, 6.07) is 10.2. The van der Waals surface area contributed by atoms with Gasteiger partial charge in [0, 0.05) is 6.61 Å². The summed E-state index contributed by atoms with van der Waals surface area (Å²) in [6.45, 7) is 5.16. The van der Waals surface area contributed by atoms with E-state index in [-0.39, 0.29) is 0 Å². The first-order valence-electron chi connectivity index (χ1n) is 6.63. The normalized spacial score (nSPS) is 10.6. The first-order chi connectivity index (χ1) is 8.43. The van der Waals surface area contributed by atoms with E-state index < -0.39 is 0 Å². The monoisotopic (exact) mass is 236 g/mol. The van der Waals surface area contributed by atoms with Crippen LogP contribution < -0.4 is 0 Å². The number of rotatable bonds is 10. The molecular formula is C15H24O2. The van der Waals surface area contributed by atoms with Crippen LogP contribution >= 0.6 is 0 Å². The Kier molecular flexibility index (Phi) is 8.61. The second-order valence-electron chi connectivity index (χ2n) is 4.21. The lowest BCUT2D eigenvalue weighted by atomic mass is 10.2. The van der Waals surface area contributed by atoms with Crippen LogP contribution in [0.2, 0.25) is 0 Å². The van der Waals surface area contributed by atoms with E-state index in [9.17, 15) is 0 Å². The van der Waals surface area contributed by atoms with Crippen molar-refractivity contribution in [1.82, 2.24) is 0 Å². The largest absolute Gasteiger partial charge is 0.379 e. The van der Waals surface area contributed by atoms with E-state index in [4.69, 9.17) is 9.47 Å². The van der Waals surface area contributed by atoms with Crippen LogP contribution in [-0.2, 0) is 16.1 Å². The summed E-state index contributed by atoms with van der Waals surface area (Å²) in [7, 11) is 0. The molecule has 0 aromatic heterocycles. The molecule has 0 saturated heterocycles. The molecule has 2 nitrogen and oxygen atoms in total. The molecule has 0 N–H and O–H groups in total.